The van der Waals surface area contributed by atoms with Gasteiger partial charge in [-0.1, -0.05) is 19.9 Å². The van der Waals surface area contributed by atoms with Crippen LogP contribution in [0.1, 0.15) is 44.1 Å². The lowest BCUT2D eigenvalue weighted by molar-refractivity contribution is -0.151. The molecule has 0 unspecified atom stereocenters. The van der Waals surface area contributed by atoms with Crippen molar-refractivity contribution in [3.05, 3.63) is 54.2 Å². The second-order valence-electron chi connectivity index (χ2n) is 7.88. The summed E-state index contributed by atoms with van der Waals surface area (Å²) in [5.74, 6) is -0.732. The number of likely N-dealkylation sites (tertiary alicyclic amines) is 1. The highest BCUT2D eigenvalue weighted by Gasteiger charge is 2.57. The molecular weight excluding hydrogens is 358 g/mol. The topological polar surface area (TPSA) is 95.7 Å². The average molecular weight is 385 g/mol. The van der Waals surface area contributed by atoms with Gasteiger partial charge in [-0.05, 0) is 49.6 Å². The number of carbonyl (C=O) groups is 2. The minimum Gasteiger partial charge on any atom is -0.480 e. The lowest BCUT2D eigenvalue weighted by Crippen LogP contribution is -2.50. The maximum Gasteiger partial charge on any atom is 0.324 e. The van der Waals surface area contributed by atoms with Gasteiger partial charge in [0.2, 0.25) is 5.91 Å². The average Bonchev–Trinajstić information content (AvgIpc) is 3.27. The maximum atomic E-state index is 13.1. The van der Waals surface area contributed by atoms with Crippen molar-refractivity contribution in [3.8, 4) is 0 Å². The summed E-state index contributed by atoms with van der Waals surface area (Å²) < 4.78 is 5.28. The highest BCUT2D eigenvalue weighted by atomic mass is 16.4. The van der Waals surface area contributed by atoms with Crippen LogP contribution in [-0.2, 0) is 16.1 Å². The van der Waals surface area contributed by atoms with Gasteiger partial charge in [-0.3, -0.25) is 19.5 Å². The Kier molecular flexibility index (Phi) is 5.84. The fourth-order valence-corrected chi connectivity index (χ4v) is 4.35. The van der Waals surface area contributed by atoms with Crippen molar-refractivity contribution in [2.24, 2.45) is 11.8 Å². The molecule has 150 valence electrons. The zero-order valence-electron chi connectivity index (χ0n) is 16.5. The van der Waals surface area contributed by atoms with Gasteiger partial charge >= 0.3 is 5.97 Å². The number of furan rings is 1. The zero-order valence-corrected chi connectivity index (χ0v) is 16.5. The van der Waals surface area contributed by atoms with E-state index >= 15 is 0 Å². The molecule has 3 heterocycles. The second kappa shape index (κ2) is 8.14. The Hall–Kier alpha value is -2.67. The van der Waals surface area contributed by atoms with Gasteiger partial charge in [0.1, 0.15) is 11.3 Å². The van der Waals surface area contributed by atoms with Gasteiger partial charge in [-0.2, -0.15) is 0 Å². The smallest absolute Gasteiger partial charge is 0.324 e. The number of nitrogens with zero attached hydrogens (tertiary/aromatic N) is 2. The standard InChI is InChI=1S/C21H27N3O4/c1-14(2)10-21(20(26)27)11-17(19(25)23-13-16-7-5-9-28-16)18(24(21)3)15-6-4-8-22-12-15/h4-9,12,14,17-18H,10-11,13H2,1-3H3,(H,23,25)(H,26,27)/t17-,18-,21-/m0/s1. The molecule has 1 fully saturated rings. The number of rotatable bonds is 7. The van der Waals surface area contributed by atoms with Crippen LogP contribution in [-0.4, -0.2) is 39.5 Å². The number of aliphatic carboxylic acids is 1. The van der Waals surface area contributed by atoms with E-state index in [0.29, 0.717) is 12.2 Å². The largest absolute Gasteiger partial charge is 0.480 e. The number of nitrogens with one attached hydrogen (secondary N) is 1. The minimum absolute atomic E-state index is 0.177. The van der Waals surface area contributed by atoms with Gasteiger partial charge in [-0.25, -0.2) is 0 Å². The number of hydrogen-bond donors (Lipinski definition) is 2. The van der Waals surface area contributed by atoms with Crippen molar-refractivity contribution in [2.75, 3.05) is 7.05 Å². The van der Waals surface area contributed by atoms with E-state index in [1.165, 1.54) is 0 Å². The highest BCUT2D eigenvalue weighted by molar-refractivity contribution is 5.85. The monoisotopic (exact) mass is 385 g/mol. The van der Waals surface area contributed by atoms with Gasteiger partial charge in [0, 0.05) is 18.4 Å². The summed E-state index contributed by atoms with van der Waals surface area (Å²) in [6, 6.07) is 6.90. The van der Waals surface area contributed by atoms with Crippen LogP contribution in [0.4, 0.5) is 0 Å². The van der Waals surface area contributed by atoms with E-state index in [9.17, 15) is 14.7 Å². The van der Waals surface area contributed by atoms with Crippen LogP contribution in [0.15, 0.2) is 47.3 Å². The number of aromatic nitrogens is 1. The molecule has 0 spiro atoms. The summed E-state index contributed by atoms with van der Waals surface area (Å²) in [7, 11) is 1.80. The summed E-state index contributed by atoms with van der Waals surface area (Å²) in [5.41, 5.74) is -0.253. The molecule has 28 heavy (non-hydrogen) atoms. The Bertz CT molecular complexity index is 806. The Labute approximate surface area is 164 Å². The van der Waals surface area contributed by atoms with Crippen LogP contribution in [0.2, 0.25) is 0 Å². The summed E-state index contributed by atoms with van der Waals surface area (Å²) in [6.07, 6.45) is 5.66. The zero-order chi connectivity index (χ0) is 20.3. The number of likely N-dealkylation sites (N-methyl/N-ethyl adjacent to an activating group) is 1. The molecule has 2 N–H and O–H groups in total. The van der Waals surface area contributed by atoms with E-state index in [0.717, 1.165) is 5.56 Å². The SMILES string of the molecule is CC(C)C[C@@]1(C(=O)O)C[C@H](C(=O)NCc2ccco2)[C@H](c2cccnc2)N1C. The van der Waals surface area contributed by atoms with Crippen LogP contribution in [0, 0.1) is 11.8 Å². The molecule has 2 aromatic rings. The van der Waals surface area contributed by atoms with Crippen molar-refractivity contribution in [2.45, 2.75) is 44.8 Å². The van der Waals surface area contributed by atoms with E-state index in [4.69, 9.17) is 4.42 Å². The van der Waals surface area contributed by atoms with Crippen LogP contribution in [0.25, 0.3) is 0 Å². The molecule has 2 aromatic heterocycles. The molecule has 7 heteroatoms. The lowest BCUT2D eigenvalue weighted by Gasteiger charge is -2.36. The van der Waals surface area contributed by atoms with E-state index in [-0.39, 0.29) is 30.8 Å². The number of hydrogen-bond acceptors (Lipinski definition) is 5. The molecule has 0 aliphatic carbocycles. The number of amides is 1. The maximum absolute atomic E-state index is 13.1. The summed E-state index contributed by atoms with van der Waals surface area (Å²) in [5, 5.41) is 13.0. The summed E-state index contributed by atoms with van der Waals surface area (Å²) in [4.78, 5) is 31.5. The predicted molar refractivity (Wildman–Crippen MR) is 103 cm³/mol. The third kappa shape index (κ3) is 3.80. The fraction of sp³-hybridized carbons (Fsp3) is 0.476. The molecular formula is C21H27N3O4. The Morgan fingerprint density at radius 1 is 1.39 bits per heavy atom. The van der Waals surface area contributed by atoms with Crippen molar-refractivity contribution in [3.63, 3.8) is 0 Å². The normalized spacial score (nSPS) is 25.1. The first-order chi connectivity index (χ1) is 13.3. The number of carboxylic acid groups (broad SMARTS) is 1. The van der Waals surface area contributed by atoms with Gasteiger partial charge in [0.15, 0.2) is 0 Å². The molecule has 0 bridgehead atoms. The minimum atomic E-state index is -1.10. The van der Waals surface area contributed by atoms with Crippen LogP contribution in [0.5, 0.6) is 0 Å². The van der Waals surface area contributed by atoms with Crippen LogP contribution < -0.4 is 5.32 Å². The van der Waals surface area contributed by atoms with E-state index in [1.54, 1.807) is 37.8 Å². The predicted octanol–water partition coefficient (Wildman–Crippen LogP) is 2.85. The Morgan fingerprint density at radius 3 is 2.75 bits per heavy atom. The molecule has 1 aliphatic heterocycles. The molecule has 3 rings (SSSR count). The van der Waals surface area contributed by atoms with Crippen molar-refractivity contribution < 1.29 is 19.1 Å². The number of carboxylic acids is 1. The highest BCUT2D eigenvalue weighted by Crippen LogP contribution is 2.48. The summed E-state index contributed by atoms with van der Waals surface area (Å²) >= 11 is 0. The fourth-order valence-electron chi connectivity index (χ4n) is 4.35. The van der Waals surface area contributed by atoms with Crippen molar-refractivity contribution in [1.82, 2.24) is 15.2 Å². The van der Waals surface area contributed by atoms with Gasteiger partial charge < -0.3 is 14.8 Å². The van der Waals surface area contributed by atoms with Gasteiger partial charge in [0.25, 0.3) is 0 Å². The number of pyridine rings is 1. The molecule has 1 aliphatic rings. The molecule has 0 saturated carbocycles. The third-order valence-corrected chi connectivity index (χ3v) is 5.55. The molecule has 0 radical (unpaired) electrons. The van der Waals surface area contributed by atoms with Gasteiger partial charge in [0.05, 0.1) is 18.7 Å². The molecule has 1 amide bonds. The third-order valence-electron chi connectivity index (χ3n) is 5.55. The van der Waals surface area contributed by atoms with Crippen LogP contribution in [0.3, 0.4) is 0 Å². The second-order valence-corrected chi connectivity index (χ2v) is 7.88. The Morgan fingerprint density at radius 2 is 2.18 bits per heavy atom. The van der Waals surface area contributed by atoms with Gasteiger partial charge in [-0.15, -0.1) is 0 Å². The summed E-state index contributed by atoms with van der Waals surface area (Å²) in [6.45, 7) is 4.28. The molecule has 7 nitrogen and oxygen atoms in total. The Balaban J connectivity index is 1.92. The van der Waals surface area contributed by atoms with E-state index < -0.39 is 17.4 Å². The lowest BCUT2D eigenvalue weighted by atomic mass is 9.83. The van der Waals surface area contributed by atoms with Crippen LogP contribution >= 0.6 is 0 Å². The van der Waals surface area contributed by atoms with E-state index in [1.807, 2.05) is 30.9 Å². The first-order valence-electron chi connectivity index (χ1n) is 9.51. The molecule has 1 saturated heterocycles. The first kappa shape index (κ1) is 20.1. The number of carbonyl (C=O) groups excluding carboxylic acids is 1. The molecule has 0 aromatic carbocycles. The first-order valence-corrected chi connectivity index (χ1v) is 9.51. The van der Waals surface area contributed by atoms with Crippen molar-refractivity contribution >= 4 is 11.9 Å². The molecule has 3 atom stereocenters. The van der Waals surface area contributed by atoms with E-state index in [2.05, 4.69) is 10.3 Å². The quantitative estimate of drug-likeness (QED) is 0.761. The van der Waals surface area contributed by atoms with Crippen molar-refractivity contribution in [1.29, 1.82) is 0 Å².